The molecular weight excluding hydrogens is 388 g/mol. The van der Waals surface area contributed by atoms with Gasteiger partial charge in [0.1, 0.15) is 10.6 Å². The maximum atomic E-state index is 13.1. The molecule has 1 N–H and O–H groups in total. The van der Waals surface area contributed by atoms with Crippen LogP contribution in [0.25, 0.3) is 11.1 Å². The van der Waals surface area contributed by atoms with Gasteiger partial charge in [0.15, 0.2) is 0 Å². The van der Waals surface area contributed by atoms with E-state index in [0.29, 0.717) is 18.8 Å². The maximum Gasteiger partial charge on any atom is 0.246 e. The molecule has 0 unspecified atom stereocenters. The van der Waals surface area contributed by atoms with E-state index >= 15 is 0 Å². The molecule has 29 heavy (non-hydrogen) atoms. The van der Waals surface area contributed by atoms with Crippen LogP contribution in [0, 0.1) is 0 Å². The molecule has 0 saturated carbocycles. The van der Waals surface area contributed by atoms with E-state index in [9.17, 15) is 13.2 Å². The van der Waals surface area contributed by atoms with E-state index in [0.717, 1.165) is 29.5 Å². The van der Waals surface area contributed by atoms with Crippen molar-refractivity contribution in [3.05, 3.63) is 60.7 Å². The topological polar surface area (TPSA) is 75.7 Å². The molecule has 0 spiro atoms. The fraction of sp³-hybridized carbons (Fsp3) is 0.318. The first kappa shape index (κ1) is 21.1. The minimum Gasteiger partial charge on any atom is -0.495 e. The largest absolute Gasteiger partial charge is 0.495 e. The van der Waals surface area contributed by atoms with Crippen LogP contribution in [-0.4, -0.2) is 38.8 Å². The lowest BCUT2D eigenvalue weighted by atomic mass is 10.0. The minimum absolute atomic E-state index is 0.156. The third-order valence-electron chi connectivity index (χ3n) is 5.13. The van der Waals surface area contributed by atoms with Gasteiger partial charge in [0, 0.05) is 13.1 Å². The smallest absolute Gasteiger partial charge is 0.246 e. The number of rotatable bonds is 7. The van der Waals surface area contributed by atoms with E-state index in [1.54, 1.807) is 12.1 Å². The summed E-state index contributed by atoms with van der Waals surface area (Å²) in [6.45, 7) is 6.43. The molecule has 154 valence electrons. The molecular formula is C22H26N2O4S. The van der Waals surface area contributed by atoms with Crippen molar-refractivity contribution >= 4 is 15.9 Å². The molecule has 1 atom stereocenters. The van der Waals surface area contributed by atoms with Crippen LogP contribution in [0.4, 0.5) is 0 Å². The molecule has 3 rings (SSSR count). The Bertz CT molecular complexity index is 994. The van der Waals surface area contributed by atoms with E-state index in [-0.39, 0.29) is 16.8 Å². The van der Waals surface area contributed by atoms with Gasteiger partial charge in [0.25, 0.3) is 0 Å². The van der Waals surface area contributed by atoms with Crippen LogP contribution in [0.15, 0.2) is 60.0 Å². The average Bonchev–Trinajstić information content (AvgIpc) is 3.29. The monoisotopic (exact) mass is 414 g/mol. The molecule has 0 bridgehead atoms. The molecule has 1 fully saturated rings. The number of nitrogens with one attached hydrogen (secondary N) is 1. The average molecular weight is 415 g/mol. The Labute approximate surface area is 172 Å². The van der Waals surface area contributed by atoms with E-state index in [1.807, 2.05) is 37.3 Å². The lowest BCUT2D eigenvalue weighted by Gasteiger charge is -2.18. The van der Waals surface area contributed by atoms with Gasteiger partial charge in [-0.3, -0.25) is 4.79 Å². The van der Waals surface area contributed by atoms with Crippen molar-refractivity contribution in [2.75, 3.05) is 20.2 Å². The third-order valence-corrected chi connectivity index (χ3v) is 7.05. The molecule has 0 aromatic heterocycles. The van der Waals surface area contributed by atoms with Crippen LogP contribution in [0.5, 0.6) is 5.75 Å². The number of hydrogen-bond donors (Lipinski definition) is 1. The number of benzene rings is 2. The number of sulfonamides is 1. The minimum atomic E-state index is -3.60. The lowest BCUT2D eigenvalue weighted by molar-refractivity contribution is -0.117. The Kier molecular flexibility index (Phi) is 6.39. The number of carbonyl (C=O) groups excluding carboxylic acids is 1. The van der Waals surface area contributed by atoms with Gasteiger partial charge < -0.3 is 10.1 Å². The maximum absolute atomic E-state index is 13.1. The Morgan fingerprint density at radius 3 is 2.34 bits per heavy atom. The summed E-state index contributed by atoms with van der Waals surface area (Å²) in [5, 5.41) is 2.82. The second-order valence-electron chi connectivity index (χ2n) is 7.03. The first-order chi connectivity index (χ1) is 13.9. The Hall–Kier alpha value is -2.64. The fourth-order valence-electron chi connectivity index (χ4n) is 3.45. The fourth-order valence-corrected chi connectivity index (χ4v) is 5.14. The zero-order valence-corrected chi connectivity index (χ0v) is 17.5. The van der Waals surface area contributed by atoms with Gasteiger partial charge in [0.2, 0.25) is 15.9 Å². The van der Waals surface area contributed by atoms with E-state index in [4.69, 9.17) is 4.74 Å². The van der Waals surface area contributed by atoms with Gasteiger partial charge in [-0.05, 0) is 54.7 Å². The number of nitrogens with zero attached hydrogens (tertiary/aromatic N) is 1. The highest BCUT2D eigenvalue weighted by Crippen LogP contribution is 2.33. The number of hydrogen-bond acceptors (Lipinski definition) is 4. The zero-order chi connectivity index (χ0) is 21.0. The number of carbonyl (C=O) groups is 1. The summed E-state index contributed by atoms with van der Waals surface area (Å²) in [4.78, 5) is 11.7. The highest BCUT2D eigenvalue weighted by Gasteiger charge is 2.30. The Morgan fingerprint density at radius 2 is 1.76 bits per heavy atom. The van der Waals surface area contributed by atoms with E-state index in [1.165, 1.54) is 17.5 Å². The predicted octanol–water partition coefficient (Wildman–Crippen LogP) is 3.51. The van der Waals surface area contributed by atoms with Crippen LogP contribution in [-0.2, 0) is 14.8 Å². The summed E-state index contributed by atoms with van der Waals surface area (Å²) < 4.78 is 33.0. The number of amides is 1. The summed E-state index contributed by atoms with van der Waals surface area (Å²) >= 11 is 0. The van der Waals surface area contributed by atoms with Gasteiger partial charge >= 0.3 is 0 Å². The van der Waals surface area contributed by atoms with Crippen LogP contribution >= 0.6 is 0 Å². The number of methoxy groups -OCH3 is 1. The van der Waals surface area contributed by atoms with Crippen molar-refractivity contribution in [1.29, 1.82) is 0 Å². The Balaban J connectivity index is 1.91. The summed E-state index contributed by atoms with van der Waals surface area (Å²) in [5.41, 5.74) is 2.62. The molecule has 1 aliphatic heterocycles. The molecule has 0 aliphatic carbocycles. The van der Waals surface area contributed by atoms with Crippen molar-refractivity contribution in [3.8, 4) is 16.9 Å². The number of ether oxygens (including phenoxy) is 1. The zero-order valence-electron chi connectivity index (χ0n) is 16.7. The molecule has 7 heteroatoms. The second-order valence-corrected chi connectivity index (χ2v) is 8.94. The van der Waals surface area contributed by atoms with E-state index in [2.05, 4.69) is 11.9 Å². The third kappa shape index (κ3) is 4.52. The molecule has 1 aliphatic rings. The highest BCUT2D eigenvalue weighted by atomic mass is 32.2. The van der Waals surface area contributed by atoms with Crippen molar-refractivity contribution in [2.24, 2.45) is 0 Å². The lowest BCUT2D eigenvalue weighted by Crippen LogP contribution is -2.28. The standard InChI is InChI=1S/C22H26N2O4S/c1-4-22(25)23-16(2)17-7-9-18(10-8-17)19-11-12-20(28-3)21(15-19)29(26,27)24-13-5-6-14-24/h4,7-12,15-16H,1,5-6,13-14H2,2-3H3,(H,23,25)/t16-/m1/s1. The van der Waals surface area contributed by atoms with Gasteiger partial charge in [-0.2, -0.15) is 4.31 Å². The van der Waals surface area contributed by atoms with Crippen molar-refractivity contribution in [2.45, 2.75) is 30.7 Å². The van der Waals surface area contributed by atoms with Gasteiger partial charge in [-0.25, -0.2) is 8.42 Å². The molecule has 1 heterocycles. The molecule has 0 radical (unpaired) electrons. The van der Waals surface area contributed by atoms with Crippen LogP contribution < -0.4 is 10.1 Å². The molecule has 1 saturated heterocycles. The van der Waals surface area contributed by atoms with E-state index < -0.39 is 10.0 Å². The molecule has 6 nitrogen and oxygen atoms in total. The van der Waals surface area contributed by atoms with Gasteiger partial charge in [-0.15, -0.1) is 0 Å². The summed E-state index contributed by atoms with van der Waals surface area (Å²) in [6.07, 6.45) is 3.00. The van der Waals surface area contributed by atoms with Crippen molar-refractivity contribution in [3.63, 3.8) is 0 Å². The first-order valence-electron chi connectivity index (χ1n) is 9.58. The van der Waals surface area contributed by atoms with Gasteiger partial charge in [-0.1, -0.05) is 36.9 Å². The quantitative estimate of drug-likeness (QED) is 0.704. The summed E-state index contributed by atoms with van der Waals surface area (Å²) in [5.74, 6) is 0.117. The van der Waals surface area contributed by atoms with Crippen molar-refractivity contribution in [1.82, 2.24) is 9.62 Å². The normalized spacial score (nSPS) is 15.7. The van der Waals surface area contributed by atoms with Gasteiger partial charge in [0.05, 0.1) is 13.2 Å². The van der Waals surface area contributed by atoms with Crippen LogP contribution in [0.3, 0.4) is 0 Å². The van der Waals surface area contributed by atoms with Crippen LogP contribution in [0.1, 0.15) is 31.4 Å². The SMILES string of the molecule is C=CC(=O)N[C@H](C)c1ccc(-c2ccc(OC)c(S(=O)(=O)N3CCCC3)c2)cc1. The molecule has 1 amide bonds. The molecule has 2 aromatic carbocycles. The second kappa shape index (κ2) is 8.80. The highest BCUT2D eigenvalue weighted by molar-refractivity contribution is 7.89. The molecule has 2 aromatic rings. The van der Waals surface area contributed by atoms with Crippen LogP contribution in [0.2, 0.25) is 0 Å². The summed E-state index contributed by atoms with van der Waals surface area (Å²) in [6, 6.07) is 12.7. The van der Waals surface area contributed by atoms with Crippen molar-refractivity contribution < 1.29 is 17.9 Å². The first-order valence-corrected chi connectivity index (χ1v) is 11.0. The Morgan fingerprint density at radius 1 is 1.14 bits per heavy atom. The summed E-state index contributed by atoms with van der Waals surface area (Å²) in [7, 11) is -2.12. The predicted molar refractivity (Wildman–Crippen MR) is 113 cm³/mol.